The Morgan fingerprint density at radius 3 is 2.47 bits per heavy atom. The lowest BCUT2D eigenvalue weighted by molar-refractivity contribution is -0.129. The number of esters is 2. The van der Waals surface area contributed by atoms with E-state index in [-0.39, 0.29) is 11.6 Å². The summed E-state index contributed by atoms with van der Waals surface area (Å²) in [4.78, 5) is 28.4. The highest BCUT2D eigenvalue weighted by atomic mass is 79.9. The number of benzene rings is 3. The minimum Gasteiger partial charge on any atom is -0.423 e. The first-order chi connectivity index (χ1) is 14.5. The van der Waals surface area contributed by atoms with Gasteiger partial charge in [0.25, 0.3) is 0 Å². The van der Waals surface area contributed by atoms with Crippen molar-refractivity contribution in [2.45, 2.75) is 0 Å². The highest BCUT2D eigenvalue weighted by Gasteiger charge is 2.24. The quantitative estimate of drug-likeness (QED) is 0.303. The van der Waals surface area contributed by atoms with E-state index in [0.29, 0.717) is 22.4 Å². The van der Waals surface area contributed by atoms with Crippen molar-refractivity contribution in [3.05, 3.63) is 105 Å². The molecule has 0 aliphatic carbocycles. The number of hydrogen-bond donors (Lipinski definition) is 0. The summed E-state index contributed by atoms with van der Waals surface area (Å²) < 4.78 is 24.7. The summed E-state index contributed by atoms with van der Waals surface area (Å²) >= 11 is 3.31. The Bertz CT molecular complexity index is 1180. The molecule has 3 aromatic rings. The molecule has 0 fully saturated rings. The summed E-state index contributed by atoms with van der Waals surface area (Å²) in [5.41, 5.74) is 1.56. The highest BCUT2D eigenvalue weighted by molar-refractivity contribution is 9.10. The van der Waals surface area contributed by atoms with Crippen LogP contribution in [-0.2, 0) is 9.53 Å². The molecule has 0 bridgehead atoms. The number of carbonyl (C=O) groups excluding carboxylic acids is 2. The number of halogens is 2. The summed E-state index contributed by atoms with van der Waals surface area (Å²) in [6.45, 7) is 0. The van der Waals surface area contributed by atoms with Gasteiger partial charge in [-0.25, -0.2) is 19.0 Å². The van der Waals surface area contributed by atoms with Gasteiger partial charge in [-0.2, -0.15) is 0 Å². The molecule has 0 unspecified atom stereocenters. The van der Waals surface area contributed by atoms with Crippen molar-refractivity contribution in [2.24, 2.45) is 4.99 Å². The number of carbonyl (C=O) groups is 2. The predicted octanol–water partition coefficient (Wildman–Crippen LogP) is 5.15. The zero-order valence-corrected chi connectivity index (χ0v) is 16.9. The Hall–Kier alpha value is -3.58. The first-order valence-corrected chi connectivity index (χ1v) is 9.63. The molecule has 148 valence electrons. The molecule has 3 aromatic carbocycles. The maximum atomic E-state index is 13.4. The van der Waals surface area contributed by atoms with Crippen LogP contribution in [0.5, 0.6) is 5.75 Å². The fraction of sp³-hybridized carbons (Fsp3) is 0. The van der Waals surface area contributed by atoms with Crippen molar-refractivity contribution in [3.63, 3.8) is 0 Å². The molecule has 1 aliphatic rings. The van der Waals surface area contributed by atoms with E-state index >= 15 is 0 Å². The number of aliphatic imine (C=N–C) groups is 1. The number of ether oxygens (including phenoxy) is 2. The van der Waals surface area contributed by atoms with Crippen molar-refractivity contribution in [1.82, 2.24) is 0 Å². The van der Waals surface area contributed by atoms with Crippen LogP contribution in [0.4, 0.5) is 4.39 Å². The van der Waals surface area contributed by atoms with E-state index < -0.39 is 17.8 Å². The van der Waals surface area contributed by atoms with Gasteiger partial charge in [-0.1, -0.05) is 34.1 Å². The lowest BCUT2D eigenvalue weighted by atomic mass is 10.2. The molecule has 0 saturated heterocycles. The normalized spacial score (nSPS) is 14.4. The van der Waals surface area contributed by atoms with Crippen LogP contribution in [0, 0.1) is 5.82 Å². The zero-order valence-electron chi connectivity index (χ0n) is 15.3. The van der Waals surface area contributed by atoms with Gasteiger partial charge < -0.3 is 9.47 Å². The lowest BCUT2D eigenvalue weighted by Crippen LogP contribution is -2.08. The van der Waals surface area contributed by atoms with E-state index in [1.54, 1.807) is 54.6 Å². The second-order valence-corrected chi connectivity index (χ2v) is 7.23. The summed E-state index contributed by atoms with van der Waals surface area (Å²) in [6.07, 6.45) is 1.54. The molecule has 0 aromatic heterocycles. The molecule has 1 aliphatic heterocycles. The van der Waals surface area contributed by atoms with E-state index in [9.17, 15) is 14.0 Å². The van der Waals surface area contributed by atoms with Gasteiger partial charge in [0.05, 0.1) is 5.56 Å². The third-order valence-electron chi connectivity index (χ3n) is 4.17. The second-order valence-electron chi connectivity index (χ2n) is 6.31. The maximum Gasteiger partial charge on any atom is 0.363 e. The third kappa shape index (κ3) is 4.52. The van der Waals surface area contributed by atoms with Crippen LogP contribution in [0.1, 0.15) is 21.5 Å². The molecular weight excluding hydrogens is 453 g/mol. The predicted molar refractivity (Wildman–Crippen MR) is 113 cm³/mol. The third-order valence-corrected chi connectivity index (χ3v) is 4.69. The molecule has 0 amide bonds. The summed E-state index contributed by atoms with van der Waals surface area (Å²) in [7, 11) is 0. The molecule has 0 spiro atoms. The van der Waals surface area contributed by atoms with Gasteiger partial charge in [0, 0.05) is 10.0 Å². The van der Waals surface area contributed by atoms with Gasteiger partial charge in [0.1, 0.15) is 11.6 Å². The van der Waals surface area contributed by atoms with Crippen LogP contribution in [-0.4, -0.2) is 17.8 Å². The summed E-state index contributed by atoms with van der Waals surface area (Å²) in [6, 6.07) is 19.1. The van der Waals surface area contributed by atoms with E-state index in [2.05, 4.69) is 20.9 Å². The number of nitrogens with zero attached hydrogens (tertiary/aromatic N) is 1. The number of rotatable bonds is 4. The maximum absolute atomic E-state index is 13.4. The lowest BCUT2D eigenvalue weighted by Gasteiger charge is -2.05. The highest BCUT2D eigenvalue weighted by Crippen LogP contribution is 2.21. The van der Waals surface area contributed by atoms with Gasteiger partial charge in [-0.15, -0.1) is 0 Å². The van der Waals surface area contributed by atoms with Crippen LogP contribution >= 0.6 is 15.9 Å². The first-order valence-electron chi connectivity index (χ1n) is 8.84. The van der Waals surface area contributed by atoms with Crippen LogP contribution in [0.25, 0.3) is 6.08 Å². The average Bonchev–Trinajstić information content (AvgIpc) is 3.10. The molecule has 4 rings (SSSR count). The van der Waals surface area contributed by atoms with Gasteiger partial charge in [0.15, 0.2) is 5.70 Å². The van der Waals surface area contributed by atoms with Crippen molar-refractivity contribution < 1.29 is 23.5 Å². The molecule has 0 atom stereocenters. The SMILES string of the molecule is O=C1OC(c2cccc(F)c2)=N/C1=C\c1ccc(OC(=O)c2ccc(Br)cc2)cc1. The molecule has 5 nitrogen and oxygen atoms in total. The fourth-order valence-corrected chi connectivity index (χ4v) is 2.96. The Kier molecular flexibility index (Phi) is 5.54. The van der Waals surface area contributed by atoms with E-state index in [0.717, 1.165) is 4.47 Å². The monoisotopic (exact) mass is 465 g/mol. The minimum absolute atomic E-state index is 0.0470. The van der Waals surface area contributed by atoms with Crippen LogP contribution in [0.3, 0.4) is 0 Å². The number of hydrogen-bond acceptors (Lipinski definition) is 5. The smallest absolute Gasteiger partial charge is 0.363 e. The zero-order chi connectivity index (χ0) is 21.1. The van der Waals surface area contributed by atoms with Gasteiger partial charge >= 0.3 is 11.9 Å². The average molecular weight is 466 g/mol. The number of cyclic esters (lactones) is 1. The molecule has 30 heavy (non-hydrogen) atoms. The van der Waals surface area contributed by atoms with Crippen LogP contribution in [0.2, 0.25) is 0 Å². The largest absolute Gasteiger partial charge is 0.423 e. The topological polar surface area (TPSA) is 65.0 Å². The minimum atomic E-state index is -0.625. The van der Waals surface area contributed by atoms with E-state index in [1.165, 1.54) is 24.3 Å². The molecule has 7 heteroatoms. The van der Waals surface area contributed by atoms with Crippen molar-refractivity contribution in [1.29, 1.82) is 0 Å². The standard InChI is InChI=1S/C23H13BrFNO4/c24-17-8-6-15(7-9-17)22(27)29-19-10-4-14(5-11-19)12-20-23(28)30-21(26-20)16-2-1-3-18(25)13-16/h1-13H/b20-12-. The van der Waals surface area contributed by atoms with Crippen molar-refractivity contribution in [3.8, 4) is 5.75 Å². The Morgan fingerprint density at radius 1 is 1.03 bits per heavy atom. The molecular formula is C23H13BrFNO4. The molecule has 1 heterocycles. The van der Waals surface area contributed by atoms with Crippen molar-refractivity contribution in [2.75, 3.05) is 0 Å². The Balaban J connectivity index is 1.48. The van der Waals surface area contributed by atoms with Crippen LogP contribution in [0.15, 0.2) is 88.0 Å². The van der Waals surface area contributed by atoms with E-state index in [4.69, 9.17) is 9.47 Å². The van der Waals surface area contributed by atoms with E-state index in [1.807, 2.05) is 0 Å². The Morgan fingerprint density at radius 2 is 1.77 bits per heavy atom. The Labute approximate surface area is 179 Å². The summed E-state index contributed by atoms with van der Waals surface area (Å²) in [5.74, 6) is -1.14. The molecule has 0 radical (unpaired) electrons. The van der Waals surface area contributed by atoms with Gasteiger partial charge in [0.2, 0.25) is 5.90 Å². The molecule has 0 N–H and O–H groups in total. The summed E-state index contributed by atoms with van der Waals surface area (Å²) in [5, 5.41) is 0. The first kappa shape index (κ1) is 19.7. The van der Waals surface area contributed by atoms with Crippen molar-refractivity contribution >= 4 is 39.8 Å². The fourth-order valence-electron chi connectivity index (χ4n) is 2.70. The van der Waals surface area contributed by atoms with Gasteiger partial charge in [-0.05, 0) is 66.2 Å². The second kappa shape index (κ2) is 8.42. The van der Waals surface area contributed by atoms with Gasteiger partial charge in [-0.3, -0.25) is 0 Å². The molecule has 0 saturated carbocycles. The van der Waals surface area contributed by atoms with Crippen LogP contribution < -0.4 is 4.74 Å².